The zero-order chi connectivity index (χ0) is 13.5. The van der Waals surface area contributed by atoms with Crippen LogP contribution in [0.1, 0.15) is 19.8 Å². The number of likely N-dealkylation sites (tertiary alicyclic amines) is 1. The molecule has 2 heterocycles. The maximum Gasteiger partial charge on any atom is 0.228 e. The highest BCUT2D eigenvalue weighted by atomic mass is 16.2. The summed E-state index contributed by atoms with van der Waals surface area (Å²) in [6, 6.07) is 3.63. The monoisotopic (exact) mass is 259 g/mol. The lowest BCUT2D eigenvalue weighted by Gasteiger charge is -2.13. The van der Waals surface area contributed by atoms with E-state index in [0.717, 1.165) is 31.6 Å². The van der Waals surface area contributed by atoms with Crippen LogP contribution in [-0.4, -0.2) is 34.8 Å². The van der Waals surface area contributed by atoms with Gasteiger partial charge in [-0.2, -0.15) is 0 Å². The van der Waals surface area contributed by atoms with Crippen molar-refractivity contribution in [2.45, 2.75) is 19.8 Å². The topological polar surface area (TPSA) is 62.3 Å². The predicted octanol–water partition coefficient (Wildman–Crippen LogP) is 1.28. The van der Waals surface area contributed by atoms with Crippen molar-refractivity contribution in [1.82, 2.24) is 9.88 Å². The van der Waals surface area contributed by atoms with Crippen molar-refractivity contribution in [3.05, 3.63) is 24.5 Å². The van der Waals surface area contributed by atoms with Gasteiger partial charge in [0.15, 0.2) is 0 Å². The molecule has 2 unspecified atom stereocenters. The lowest BCUT2D eigenvalue weighted by molar-refractivity contribution is -0.128. The summed E-state index contributed by atoms with van der Waals surface area (Å²) in [4.78, 5) is 29.3. The summed E-state index contributed by atoms with van der Waals surface area (Å²) in [5, 5.41) is 2.89. The molecule has 1 spiro atoms. The minimum atomic E-state index is 0.0389. The standard InChI is InChI=1S/C14H17N3O2/c1-10(18)17-6-4-14(9-17)7-12(14)13(19)16-11-3-2-5-15-8-11/h2-3,5,8,12H,4,6-7,9H2,1H3,(H,16,19). The summed E-state index contributed by atoms with van der Waals surface area (Å²) >= 11 is 0. The lowest BCUT2D eigenvalue weighted by Crippen LogP contribution is -2.27. The van der Waals surface area contributed by atoms with Gasteiger partial charge in [0.1, 0.15) is 0 Å². The van der Waals surface area contributed by atoms with E-state index in [1.807, 2.05) is 11.0 Å². The average Bonchev–Trinajstić information content (AvgIpc) is 2.91. The number of anilines is 1. The molecule has 1 aliphatic heterocycles. The van der Waals surface area contributed by atoms with Crippen LogP contribution < -0.4 is 5.32 Å². The summed E-state index contributed by atoms with van der Waals surface area (Å²) < 4.78 is 0. The molecular weight excluding hydrogens is 242 g/mol. The van der Waals surface area contributed by atoms with Gasteiger partial charge < -0.3 is 10.2 Å². The second kappa shape index (κ2) is 4.33. The van der Waals surface area contributed by atoms with E-state index in [4.69, 9.17) is 0 Å². The number of carbonyl (C=O) groups is 2. The first-order valence-corrected chi connectivity index (χ1v) is 6.57. The van der Waals surface area contributed by atoms with Gasteiger partial charge in [-0.15, -0.1) is 0 Å². The van der Waals surface area contributed by atoms with Crippen molar-refractivity contribution in [3.63, 3.8) is 0 Å². The van der Waals surface area contributed by atoms with Crippen molar-refractivity contribution < 1.29 is 9.59 Å². The summed E-state index contributed by atoms with van der Waals surface area (Å²) in [6.45, 7) is 3.10. The third-order valence-electron chi connectivity index (χ3n) is 4.27. The van der Waals surface area contributed by atoms with E-state index < -0.39 is 0 Å². The first-order valence-electron chi connectivity index (χ1n) is 6.57. The lowest BCUT2D eigenvalue weighted by atomic mass is 10.0. The van der Waals surface area contributed by atoms with Gasteiger partial charge in [0.2, 0.25) is 11.8 Å². The van der Waals surface area contributed by atoms with E-state index >= 15 is 0 Å². The van der Waals surface area contributed by atoms with Crippen molar-refractivity contribution in [1.29, 1.82) is 0 Å². The van der Waals surface area contributed by atoms with Gasteiger partial charge in [-0.1, -0.05) is 0 Å². The normalized spacial score (nSPS) is 28.5. The number of nitrogens with zero attached hydrogens (tertiary/aromatic N) is 2. The Kier molecular flexibility index (Phi) is 2.77. The third-order valence-corrected chi connectivity index (χ3v) is 4.27. The van der Waals surface area contributed by atoms with Crippen LogP contribution in [0.5, 0.6) is 0 Å². The van der Waals surface area contributed by atoms with Crippen molar-refractivity contribution >= 4 is 17.5 Å². The van der Waals surface area contributed by atoms with Gasteiger partial charge >= 0.3 is 0 Å². The number of hydrogen-bond acceptors (Lipinski definition) is 3. The molecule has 1 aromatic heterocycles. The highest BCUT2D eigenvalue weighted by molar-refractivity contribution is 5.95. The zero-order valence-electron chi connectivity index (χ0n) is 10.9. The Morgan fingerprint density at radius 2 is 2.37 bits per heavy atom. The Hall–Kier alpha value is -1.91. The van der Waals surface area contributed by atoms with Crippen LogP contribution in [0.4, 0.5) is 5.69 Å². The SMILES string of the molecule is CC(=O)N1CCC2(CC2C(=O)Nc2cccnc2)C1. The van der Waals surface area contributed by atoms with Crippen LogP contribution in [0.3, 0.4) is 0 Å². The van der Waals surface area contributed by atoms with E-state index in [1.165, 1.54) is 0 Å². The Morgan fingerprint density at radius 3 is 3.00 bits per heavy atom. The molecule has 1 saturated carbocycles. The minimum absolute atomic E-state index is 0.0389. The van der Waals surface area contributed by atoms with Gasteiger partial charge in [0.25, 0.3) is 0 Å². The van der Waals surface area contributed by atoms with Gasteiger partial charge in [0.05, 0.1) is 11.9 Å². The van der Waals surface area contributed by atoms with Crippen LogP contribution in [0.2, 0.25) is 0 Å². The van der Waals surface area contributed by atoms with E-state index in [-0.39, 0.29) is 23.1 Å². The predicted molar refractivity (Wildman–Crippen MR) is 70.3 cm³/mol. The fourth-order valence-electron chi connectivity index (χ4n) is 3.00. The zero-order valence-corrected chi connectivity index (χ0v) is 10.9. The van der Waals surface area contributed by atoms with E-state index in [9.17, 15) is 9.59 Å². The van der Waals surface area contributed by atoms with Gasteiger partial charge in [-0.3, -0.25) is 14.6 Å². The van der Waals surface area contributed by atoms with Crippen LogP contribution in [0, 0.1) is 11.3 Å². The van der Waals surface area contributed by atoms with Crippen LogP contribution >= 0.6 is 0 Å². The van der Waals surface area contributed by atoms with Gasteiger partial charge in [0, 0.05) is 37.5 Å². The molecule has 2 aliphatic rings. The third kappa shape index (κ3) is 2.20. The molecule has 19 heavy (non-hydrogen) atoms. The number of hydrogen-bond donors (Lipinski definition) is 1. The van der Waals surface area contributed by atoms with Crippen molar-refractivity contribution in [2.75, 3.05) is 18.4 Å². The molecule has 1 aliphatic carbocycles. The molecule has 1 aromatic rings. The molecule has 2 fully saturated rings. The molecule has 5 nitrogen and oxygen atoms in total. The molecule has 2 atom stereocenters. The van der Waals surface area contributed by atoms with Crippen LogP contribution in [0.15, 0.2) is 24.5 Å². The second-order valence-corrected chi connectivity index (χ2v) is 5.54. The summed E-state index contributed by atoms with van der Waals surface area (Å²) in [6.07, 6.45) is 5.15. The number of amides is 2. The fraction of sp³-hybridized carbons (Fsp3) is 0.500. The van der Waals surface area contributed by atoms with Crippen LogP contribution in [0.25, 0.3) is 0 Å². The summed E-state index contributed by atoms with van der Waals surface area (Å²) in [7, 11) is 0. The molecule has 0 aromatic carbocycles. The highest BCUT2D eigenvalue weighted by Gasteiger charge is 2.61. The second-order valence-electron chi connectivity index (χ2n) is 5.54. The molecule has 0 radical (unpaired) electrons. The van der Waals surface area contributed by atoms with Crippen LogP contribution in [-0.2, 0) is 9.59 Å². The number of nitrogens with one attached hydrogen (secondary N) is 1. The Labute approximate surface area is 112 Å². The fourth-order valence-corrected chi connectivity index (χ4v) is 3.00. The highest BCUT2D eigenvalue weighted by Crippen LogP contribution is 2.58. The molecule has 3 rings (SSSR count). The number of aromatic nitrogens is 1. The largest absolute Gasteiger partial charge is 0.342 e. The smallest absolute Gasteiger partial charge is 0.228 e. The Balaban J connectivity index is 1.61. The van der Waals surface area contributed by atoms with E-state index in [0.29, 0.717) is 0 Å². The van der Waals surface area contributed by atoms with Crippen molar-refractivity contribution in [2.24, 2.45) is 11.3 Å². The molecule has 1 saturated heterocycles. The average molecular weight is 259 g/mol. The summed E-state index contributed by atoms with van der Waals surface area (Å²) in [5.41, 5.74) is 0.772. The van der Waals surface area contributed by atoms with E-state index in [2.05, 4.69) is 10.3 Å². The van der Waals surface area contributed by atoms with Crippen molar-refractivity contribution in [3.8, 4) is 0 Å². The first kappa shape index (κ1) is 12.1. The number of carbonyl (C=O) groups excluding carboxylic acids is 2. The minimum Gasteiger partial charge on any atom is -0.342 e. The van der Waals surface area contributed by atoms with E-state index in [1.54, 1.807) is 25.4 Å². The summed E-state index contributed by atoms with van der Waals surface area (Å²) in [5.74, 6) is 0.200. The molecule has 2 amide bonds. The molecule has 1 N–H and O–H groups in total. The molecular formula is C14H17N3O2. The molecule has 5 heteroatoms. The number of pyridine rings is 1. The molecule has 0 bridgehead atoms. The molecule has 100 valence electrons. The number of rotatable bonds is 2. The first-order chi connectivity index (χ1) is 9.11. The Bertz CT molecular complexity index is 517. The maximum atomic E-state index is 12.2. The quantitative estimate of drug-likeness (QED) is 0.870. The van der Waals surface area contributed by atoms with Gasteiger partial charge in [-0.05, 0) is 25.0 Å². The maximum absolute atomic E-state index is 12.2. The van der Waals surface area contributed by atoms with Gasteiger partial charge in [-0.25, -0.2) is 0 Å². The Morgan fingerprint density at radius 1 is 1.53 bits per heavy atom.